The zero-order valence-electron chi connectivity index (χ0n) is 8.31. The molecule has 0 radical (unpaired) electrons. The Kier molecular flexibility index (Phi) is 4.59. The molecule has 1 aromatic rings. The molecule has 1 rings (SSSR count). The van der Waals surface area contributed by atoms with Crippen LogP contribution >= 0.6 is 0 Å². The highest BCUT2D eigenvalue weighted by Gasteiger charge is 2.01. The number of hydrogen-bond acceptors (Lipinski definition) is 3. The Morgan fingerprint density at radius 1 is 1.29 bits per heavy atom. The van der Waals surface area contributed by atoms with Crippen molar-refractivity contribution >= 4 is 0 Å². The summed E-state index contributed by atoms with van der Waals surface area (Å²) in [7, 11) is 0. The molecule has 0 heterocycles. The second-order valence-corrected chi connectivity index (χ2v) is 3.34. The molecule has 78 valence electrons. The molecule has 0 aliphatic rings. The van der Waals surface area contributed by atoms with Crippen molar-refractivity contribution in [3.8, 4) is 0 Å². The summed E-state index contributed by atoms with van der Waals surface area (Å²) in [5, 5.41) is 17.5. The lowest BCUT2D eigenvalue weighted by Gasteiger charge is -2.08. The number of aryl methyl sites for hydroxylation is 1. The quantitative estimate of drug-likeness (QED) is 0.734. The van der Waals surface area contributed by atoms with Crippen LogP contribution < -0.4 is 0 Å². The third-order valence-electron chi connectivity index (χ3n) is 1.91. The third-order valence-corrected chi connectivity index (χ3v) is 1.91. The van der Waals surface area contributed by atoms with Crippen molar-refractivity contribution in [2.75, 3.05) is 13.2 Å². The Morgan fingerprint density at radius 2 is 1.93 bits per heavy atom. The van der Waals surface area contributed by atoms with Crippen molar-refractivity contribution in [1.82, 2.24) is 0 Å². The highest BCUT2D eigenvalue weighted by Crippen LogP contribution is 2.04. The molecule has 0 amide bonds. The van der Waals surface area contributed by atoms with Crippen molar-refractivity contribution in [3.63, 3.8) is 0 Å². The minimum atomic E-state index is -0.777. The van der Waals surface area contributed by atoms with Gasteiger partial charge in [-0.05, 0) is 12.5 Å². The van der Waals surface area contributed by atoms with Gasteiger partial charge in [-0.1, -0.05) is 29.8 Å². The summed E-state index contributed by atoms with van der Waals surface area (Å²) < 4.78 is 5.20. The molecule has 0 aliphatic heterocycles. The molecule has 0 bridgehead atoms. The number of aliphatic hydroxyl groups is 2. The van der Waals surface area contributed by atoms with Gasteiger partial charge < -0.3 is 14.9 Å². The zero-order valence-corrected chi connectivity index (χ0v) is 8.31. The fourth-order valence-electron chi connectivity index (χ4n) is 1.05. The molecule has 2 N–H and O–H groups in total. The summed E-state index contributed by atoms with van der Waals surface area (Å²) in [6.45, 7) is 2.41. The van der Waals surface area contributed by atoms with Gasteiger partial charge in [0.25, 0.3) is 0 Å². The number of aliphatic hydroxyl groups excluding tert-OH is 2. The Morgan fingerprint density at radius 3 is 2.50 bits per heavy atom. The normalized spacial score (nSPS) is 12.8. The van der Waals surface area contributed by atoms with Gasteiger partial charge in [-0.2, -0.15) is 0 Å². The second kappa shape index (κ2) is 5.75. The molecule has 0 unspecified atom stereocenters. The molecule has 0 fully saturated rings. The standard InChI is InChI=1S/C11H16O3/c1-9-2-4-10(5-3-9)7-14-8-11(13)6-12/h2-5,11-13H,6-8H2,1H3/t11-/m0/s1. The zero-order chi connectivity index (χ0) is 10.4. The van der Waals surface area contributed by atoms with E-state index in [9.17, 15) is 0 Å². The highest BCUT2D eigenvalue weighted by atomic mass is 16.5. The Balaban J connectivity index is 2.28. The fourth-order valence-corrected chi connectivity index (χ4v) is 1.05. The van der Waals surface area contributed by atoms with Crippen molar-refractivity contribution in [3.05, 3.63) is 35.4 Å². The van der Waals surface area contributed by atoms with Gasteiger partial charge >= 0.3 is 0 Å². The SMILES string of the molecule is Cc1ccc(COC[C@@H](O)CO)cc1. The predicted octanol–water partition coefficient (Wildman–Crippen LogP) is 0.865. The topological polar surface area (TPSA) is 49.7 Å². The third kappa shape index (κ3) is 3.87. The van der Waals surface area contributed by atoms with E-state index >= 15 is 0 Å². The number of hydrogen-bond donors (Lipinski definition) is 2. The molecular weight excluding hydrogens is 180 g/mol. The maximum Gasteiger partial charge on any atom is 0.100 e. The molecule has 0 saturated heterocycles. The summed E-state index contributed by atoms with van der Waals surface area (Å²) in [6, 6.07) is 8.00. The first-order valence-corrected chi connectivity index (χ1v) is 4.64. The molecule has 3 heteroatoms. The number of ether oxygens (including phenoxy) is 1. The van der Waals surface area contributed by atoms with Crippen LogP contribution in [0.3, 0.4) is 0 Å². The first kappa shape index (κ1) is 11.2. The molecule has 0 saturated carbocycles. The van der Waals surface area contributed by atoms with Crippen LogP contribution in [0.1, 0.15) is 11.1 Å². The molecule has 0 spiro atoms. The van der Waals surface area contributed by atoms with E-state index < -0.39 is 6.10 Å². The van der Waals surface area contributed by atoms with E-state index in [1.165, 1.54) is 5.56 Å². The van der Waals surface area contributed by atoms with Gasteiger partial charge in [-0.25, -0.2) is 0 Å². The molecule has 1 atom stereocenters. The summed E-state index contributed by atoms with van der Waals surface area (Å²) in [5.74, 6) is 0. The lowest BCUT2D eigenvalue weighted by atomic mass is 10.2. The van der Waals surface area contributed by atoms with Crippen LogP contribution in [0, 0.1) is 6.92 Å². The minimum absolute atomic E-state index is 0.171. The summed E-state index contributed by atoms with van der Waals surface area (Å²) in [5.41, 5.74) is 2.28. The maximum absolute atomic E-state index is 9.01. The lowest BCUT2D eigenvalue weighted by molar-refractivity contribution is 0.0000231. The van der Waals surface area contributed by atoms with E-state index in [4.69, 9.17) is 14.9 Å². The average Bonchev–Trinajstić information content (AvgIpc) is 2.21. The van der Waals surface area contributed by atoms with Gasteiger partial charge in [0, 0.05) is 0 Å². The minimum Gasteiger partial charge on any atom is -0.394 e. The Labute approximate surface area is 84.0 Å². The van der Waals surface area contributed by atoms with Crippen molar-refractivity contribution in [2.24, 2.45) is 0 Å². The van der Waals surface area contributed by atoms with E-state index in [1.807, 2.05) is 31.2 Å². The van der Waals surface area contributed by atoms with Crippen LogP contribution in [0.2, 0.25) is 0 Å². The van der Waals surface area contributed by atoms with E-state index in [0.29, 0.717) is 6.61 Å². The molecule has 1 aromatic carbocycles. The van der Waals surface area contributed by atoms with Gasteiger partial charge in [0.15, 0.2) is 0 Å². The monoisotopic (exact) mass is 196 g/mol. The summed E-state index contributed by atoms with van der Waals surface area (Å²) >= 11 is 0. The van der Waals surface area contributed by atoms with Gasteiger partial charge in [0.2, 0.25) is 0 Å². The van der Waals surface area contributed by atoms with Crippen LogP contribution in [-0.2, 0) is 11.3 Å². The van der Waals surface area contributed by atoms with E-state index in [1.54, 1.807) is 0 Å². The van der Waals surface area contributed by atoms with E-state index in [-0.39, 0.29) is 13.2 Å². The van der Waals surface area contributed by atoms with Crippen molar-refractivity contribution in [1.29, 1.82) is 0 Å². The van der Waals surface area contributed by atoms with Gasteiger partial charge in [0.05, 0.1) is 19.8 Å². The van der Waals surface area contributed by atoms with Crippen LogP contribution in [0.5, 0.6) is 0 Å². The second-order valence-electron chi connectivity index (χ2n) is 3.34. The van der Waals surface area contributed by atoms with Gasteiger partial charge in [-0.3, -0.25) is 0 Å². The molecule has 0 aromatic heterocycles. The number of rotatable bonds is 5. The Bertz CT molecular complexity index is 256. The van der Waals surface area contributed by atoms with Crippen molar-refractivity contribution < 1.29 is 14.9 Å². The average molecular weight is 196 g/mol. The van der Waals surface area contributed by atoms with Crippen LogP contribution in [-0.4, -0.2) is 29.5 Å². The first-order chi connectivity index (χ1) is 6.72. The highest BCUT2D eigenvalue weighted by molar-refractivity contribution is 5.20. The summed E-state index contributed by atoms with van der Waals surface area (Å²) in [6.07, 6.45) is -0.777. The maximum atomic E-state index is 9.01. The van der Waals surface area contributed by atoms with Crippen LogP contribution in [0.4, 0.5) is 0 Å². The van der Waals surface area contributed by atoms with Gasteiger partial charge in [-0.15, -0.1) is 0 Å². The molecule has 14 heavy (non-hydrogen) atoms. The summed E-state index contributed by atoms with van der Waals surface area (Å²) in [4.78, 5) is 0. The largest absolute Gasteiger partial charge is 0.394 e. The Hall–Kier alpha value is -0.900. The molecular formula is C11H16O3. The van der Waals surface area contributed by atoms with Crippen molar-refractivity contribution in [2.45, 2.75) is 19.6 Å². The molecule has 3 nitrogen and oxygen atoms in total. The lowest BCUT2D eigenvalue weighted by Crippen LogP contribution is -2.19. The van der Waals surface area contributed by atoms with Crippen LogP contribution in [0.15, 0.2) is 24.3 Å². The van der Waals surface area contributed by atoms with E-state index in [0.717, 1.165) is 5.56 Å². The fraction of sp³-hybridized carbons (Fsp3) is 0.455. The smallest absolute Gasteiger partial charge is 0.100 e. The molecule has 0 aliphatic carbocycles. The predicted molar refractivity (Wildman–Crippen MR) is 53.9 cm³/mol. The van der Waals surface area contributed by atoms with Crippen LogP contribution in [0.25, 0.3) is 0 Å². The van der Waals surface area contributed by atoms with Gasteiger partial charge in [0.1, 0.15) is 6.10 Å². The number of benzene rings is 1. The van der Waals surface area contributed by atoms with E-state index in [2.05, 4.69) is 0 Å². The first-order valence-electron chi connectivity index (χ1n) is 4.64.